The Morgan fingerprint density at radius 2 is 1.96 bits per heavy atom. The monoisotopic (exact) mass is 434 g/mol. The number of halogens is 2. The Hall–Kier alpha value is -1.85. The number of carbonyl (C=O) groups is 2. The Morgan fingerprint density at radius 1 is 1.19 bits per heavy atom. The average Bonchev–Trinajstić information content (AvgIpc) is 2.64. The lowest BCUT2D eigenvalue weighted by Crippen LogP contribution is -2.45. The molecule has 26 heavy (non-hydrogen) atoms. The Morgan fingerprint density at radius 3 is 2.65 bits per heavy atom. The number of carbonyl (C=O) groups excluding carboxylic acids is 2. The number of likely N-dealkylation sites (tertiary alicyclic amines) is 1. The van der Waals surface area contributed by atoms with E-state index in [0.717, 1.165) is 28.4 Å². The van der Waals surface area contributed by atoms with Gasteiger partial charge < -0.3 is 10.2 Å². The predicted octanol–water partition coefficient (Wildman–Crippen LogP) is 4.47. The van der Waals surface area contributed by atoms with Gasteiger partial charge in [-0.3, -0.25) is 9.59 Å². The van der Waals surface area contributed by atoms with E-state index in [9.17, 15) is 9.59 Å². The normalized spacial score (nSPS) is 15.6. The molecular weight excluding hydrogens is 416 g/mol. The zero-order chi connectivity index (χ0) is 18.5. The second-order valence-electron chi connectivity index (χ2n) is 6.31. The van der Waals surface area contributed by atoms with Crippen molar-refractivity contribution < 1.29 is 9.59 Å². The number of rotatable bonds is 5. The predicted molar refractivity (Wildman–Crippen MR) is 106 cm³/mol. The molecule has 0 bridgehead atoms. The summed E-state index contributed by atoms with van der Waals surface area (Å²) < 4.78 is 0.888. The van der Waals surface area contributed by atoms with E-state index < -0.39 is 6.04 Å². The molecule has 136 valence electrons. The number of piperidine rings is 1. The van der Waals surface area contributed by atoms with Crippen molar-refractivity contribution in [3.8, 4) is 0 Å². The van der Waals surface area contributed by atoms with Gasteiger partial charge in [0.15, 0.2) is 0 Å². The van der Waals surface area contributed by atoms with E-state index in [4.69, 9.17) is 11.6 Å². The zero-order valence-electron chi connectivity index (χ0n) is 14.3. The summed E-state index contributed by atoms with van der Waals surface area (Å²) >= 11 is 9.61. The first-order valence-electron chi connectivity index (χ1n) is 8.62. The van der Waals surface area contributed by atoms with Crippen LogP contribution in [-0.4, -0.2) is 23.3 Å². The van der Waals surface area contributed by atoms with Crippen molar-refractivity contribution in [3.63, 3.8) is 0 Å². The zero-order valence-corrected chi connectivity index (χ0v) is 16.6. The van der Waals surface area contributed by atoms with Crippen LogP contribution >= 0.6 is 27.5 Å². The van der Waals surface area contributed by atoms with E-state index in [-0.39, 0.29) is 11.8 Å². The molecule has 2 amide bonds. The third kappa shape index (κ3) is 4.46. The standard InChI is InChI=1S/C20H20BrClN2O2/c21-16-10-9-15(17(22)12-16)13-23-20(26)19(14-6-2-1-3-7-14)24-11-5-4-8-18(24)25/h1-3,6-7,9-10,12,19H,4-5,8,11,13H2,(H,23,26). The van der Waals surface area contributed by atoms with Gasteiger partial charge in [-0.05, 0) is 36.1 Å². The highest BCUT2D eigenvalue weighted by molar-refractivity contribution is 9.10. The van der Waals surface area contributed by atoms with Crippen LogP contribution in [0.25, 0.3) is 0 Å². The quantitative estimate of drug-likeness (QED) is 0.753. The molecule has 2 aromatic rings. The fourth-order valence-corrected chi connectivity index (χ4v) is 3.89. The third-order valence-electron chi connectivity index (χ3n) is 4.50. The molecule has 4 nitrogen and oxygen atoms in total. The second-order valence-corrected chi connectivity index (χ2v) is 7.63. The molecule has 1 heterocycles. The lowest BCUT2D eigenvalue weighted by atomic mass is 10.0. The van der Waals surface area contributed by atoms with Crippen LogP contribution in [0.15, 0.2) is 53.0 Å². The molecule has 1 aliphatic rings. The summed E-state index contributed by atoms with van der Waals surface area (Å²) in [7, 11) is 0. The van der Waals surface area contributed by atoms with Crippen molar-refractivity contribution in [2.75, 3.05) is 6.54 Å². The molecule has 3 rings (SSSR count). The second kappa shape index (κ2) is 8.69. The molecule has 1 saturated heterocycles. The summed E-state index contributed by atoms with van der Waals surface area (Å²) in [5.41, 5.74) is 1.65. The first kappa shape index (κ1) is 18.9. The number of hydrogen-bond acceptors (Lipinski definition) is 2. The van der Waals surface area contributed by atoms with Gasteiger partial charge in [0, 0.05) is 29.0 Å². The minimum absolute atomic E-state index is 0.0296. The van der Waals surface area contributed by atoms with Gasteiger partial charge >= 0.3 is 0 Å². The van der Waals surface area contributed by atoms with Crippen LogP contribution in [0.4, 0.5) is 0 Å². The van der Waals surface area contributed by atoms with Crippen molar-refractivity contribution >= 4 is 39.3 Å². The number of nitrogens with zero attached hydrogens (tertiary/aromatic N) is 1. The summed E-state index contributed by atoms with van der Waals surface area (Å²) in [6.07, 6.45) is 2.29. The molecule has 0 saturated carbocycles. The van der Waals surface area contributed by atoms with Gasteiger partial charge in [0.1, 0.15) is 6.04 Å². The van der Waals surface area contributed by atoms with Crippen molar-refractivity contribution in [3.05, 3.63) is 69.2 Å². The molecule has 1 unspecified atom stereocenters. The van der Waals surface area contributed by atoms with Gasteiger partial charge in [-0.25, -0.2) is 0 Å². The largest absolute Gasteiger partial charge is 0.350 e. The molecule has 1 aliphatic heterocycles. The van der Waals surface area contributed by atoms with E-state index >= 15 is 0 Å². The Labute approximate surface area is 166 Å². The fraction of sp³-hybridized carbons (Fsp3) is 0.300. The molecule has 1 fully saturated rings. The lowest BCUT2D eigenvalue weighted by molar-refractivity contribution is -0.142. The topological polar surface area (TPSA) is 49.4 Å². The van der Waals surface area contributed by atoms with Crippen molar-refractivity contribution in [2.24, 2.45) is 0 Å². The van der Waals surface area contributed by atoms with Gasteiger partial charge in [-0.15, -0.1) is 0 Å². The van der Waals surface area contributed by atoms with Gasteiger partial charge in [0.2, 0.25) is 11.8 Å². The van der Waals surface area contributed by atoms with E-state index in [0.29, 0.717) is 24.5 Å². The summed E-state index contributed by atoms with van der Waals surface area (Å²) in [4.78, 5) is 27.1. The molecule has 6 heteroatoms. The van der Waals surface area contributed by atoms with Gasteiger partial charge in [-0.1, -0.05) is 63.9 Å². The van der Waals surface area contributed by atoms with Crippen LogP contribution in [0, 0.1) is 0 Å². The molecule has 0 aliphatic carbocycles. The Kier molecular flexibility index (Phi) is 6.33. The SMILES string of the molecule is O=C(NCc1ccc(Br)cc1Cl)C(c1ccccc1)N1CCCCC1=O. The highest BCUT2D eigenvalue weighted by Crippen LogP contribution is 2.26. The highest BCUT2D eigenvalue weighted by Gasteiger charge is 2.32. The maximum absolute atomic E-state index is 13.0. The van der Waals surface area contributed by atoms with Crippen LogP contribution in [0.1, 0.15) is 36.4 Å². The Bertz CT molecular complexity index is 798. The van der Waals surface area contributed by atoms with Gasteiger partial charge in [-0.2, -0.15) is 0 Å². The Balaban J connectivity index is 1.79. The van der Waals surface area contributed by atoms with Crippen LogP contribution in [0.3, 0.4) is 0 Å². The number of benzene rings is 2. The van der Waals surface area contributed by atoms with Crippen LogP contribution < -0.4 is 5.32 Å². The molecular formula is C20H20BrClN2O2. The molecule has 2 aromatic carbocycles. The van der Waals surface area contributed by atoms with Gasteiger partial charge in [0.05, 0.1) is 0 Å². The van der Waals surface area contributed by atoms with Crippen molar-refractivity contribution in [2.45, 2.75) is 31.8 Å². The first-order chi connectivity index (χ1) is 12.6. The molecule has 1 N–H and O–H groups in total. The van der Waals surface area contributed by atoms with Crippen molar-refractivity contribution in [1.29, 1.82) is 0 Å². The number of amides is 2. The minimum atomic E-state index is -0.613. The maximum Gasteiger partial charge on any atom is 0.247 e. The van der Waals surface area contributed by atoms with E-state index in [1.165, 1.54) is 0 Å². The number of nitrogens with one attached hydrogen (secondary N) is 1. The summed E-state index contributed by atoms with van der Waals surface area (Å²) in [6, 6.07) is 14.4. The van der Waals surface area contributed by atoms with Crippen LogP contribution in [0.5, 0.6) is 0 Å². The van der Waals surface area contributed by atoms with Crippen LogP contribution in [0.2, 0.25) is 5.02 Å². The smallest absolute Gasteiger partial charge is 0.247 e. The molecule has 0 spiro atoms. The molecule has 0 aromatic heterocycles. The fourth-order valence-electron chi connectivity index (χ4n) is 3.15. The first-order valence-corrected chi connectivity index (χ1v) is 9.79. The highest BCUT2D eigenvalue weighted by atomic mass is 79.9. The lowest BCUT2D eigenvalue weighted by Gasteiger charge is -2.34. The van der Waals surface area contributed by atoms with Crippen molar-refractivity contribution in [1.82, 2.24) is 10.2 Å². The average molecular weight is 436 g/mol. The third-order valence-corrected chi connectivity index (χ3v) is 5.35. The van der Waals surface area contributed by atoms with Crippen LogP contribution in [-0.2, 0) is 16.1 Å². The van der Waals surface area contributed by atoms with E-state index in [1.54, 1.807) is 11.0 Å². The maximum atomic E-state index is 13.0. The van der Waals surface area contributed by atoms with E-state index in [2.05, 4.69) is 21.2 Å². The molecule has 0 radical (unpaired) electrons. The minimum Gasteiger partial charge on any atom is -0.350 e. The summed E-state index contributed by atoms with van der Waals surface area (Å²) in [5, 5.41) is 3.53. The number of hydrogen-bond donors (Lipinski definition) is 1. The van der Waals surface area contributed by atoms with Gasteiger partial charge in [0.25, 0.3) is 0 Å². The summed E-state index contributed by atoms with van der Waals surface area (Å²) in [5.74, 6) is -0.160. The molecule has 1 atom stereocenters. The van der Waals surface area contributed by atoms with E-state index in [1.807, 2.05) is 42.5 Å². The summed E-state index contributed by atoms with van der Waals surface area (Å²) in [6.45, 7) is 0.918.